The summed E-state index contributed by atoms with van der Waals surface area (Å²) < 4.78 is 36.5. The van der Waals surface area contributed by atoms with Crippen LogP contribution in [0.1, 0.15) is 32.8 Å². The Hall–Kier alpha value is -1.27. The van der Waals surface area contributed by atoms with Crippen molar-refractivity contribution in [2.75, 3.05) is 51.7 Å². The molecule has 0 aromatic heterocycles. The second kappa shape index (κ2) is 13.9. The summed E-state index contributed by atoms with van der Waals surface area (Å²) in [7, 11) is -3.07. The highest BCUT2D eigenvalue weighted by atomic mass is 127. The molecular weight excluding hydrogens is 519 g/mol. The summed E-state index contributed by atoms with van der Waals surface area (Å²) >= 11 is 0. The van der Waals surface area contributed by atoms with Gasteiger partial charge in [-0.2, -0.15) is 0 Å². The molecule has 1 heterocycles. The Morgan fingerprint density at radius 3 is 2.50 bits per heavy atom. The van der Waals surface area contributed by atoms with E-state index in [9.17, 15) is 8.42 Å². The van der Waals surface area contributed by atoms with Crippen LogP contribution in [0.2, 0.25) is 0 Å². The molecule has 1 aliphatic rings. The van der Waals surface area contributed by atoms with Crippen LogP contribution in [0.25, 0.3) is 0 Å². The number of hydrogen-bond donors (Lipinski definition) is 2. The van der Waals surface area contributed by atoms with Crippen LogP contribution in [0.3, 0.4) is 0 Å². The summed E-state index contributed by atoms with van der Waals surface area (Å²) in [4.78, 5) is 4.50. The number of nitrogens with one attached hydrogen (secondary N) is 2. The molecule has 0 radical (unpaired) electrons. The van der Waals surface area contributed by atoms with Crippen LogP contribution in [0, 0.1) is 0 Å². The molecule has 30 heavy (non-hydrogen) atoms. The van der Waals surface area contributed by atoms with E-state index in [0.29, 0.717) is 51.8 Å². The smallest absolute Gasteiger partial charge is 0.214 e. The maximum atomic E-state index is 11.9. The van der Waals surface area contributed by atoms with E-state index in [4.69, 9.17) is 9.47 Å². The van der Waals surface area contributed by atoms with Gasteiger partial charge in [0.25, 0.3) is 0 Å². The van der Waals surface area contributed by atoms with E-state index in [1.165, 1.54) is 4.31 Å². The number of rotatable bonds is 11. The fourth-order valence-corrected chi connectivity index (χ4v) is 4.65. The standard InChI is InChI=1S/C20H34N4O4S.HI/c1-4-21-20(23-12-14-24-13-7-15-29(24,25)26)22-11-10-17-8-9-18(27-5-2)19(16-17)28-6-3;/h8-9,16H,4-7,10-15H2,1-3H3,(H2,21,22,23);1H. The van der Waals surface area contributed by atoms with Crippen molar-refractivity contribution in [3.8, 4) is 11.5 Å². The fourth-order valence-electron chi connectivity index (χ4n) is 3.13. The highest BCUT2D eigenvalue weighted by Gasteiger charge is 2.27. The van der Waals surface area contributed by atoms with Gasteiger partial charge in [0, 0.05) is 26.2 Å². The van der Waals surface area contributed by atoms with Crippen molar-refractivity contribution in [1.29, 1.82) is 0 Å². The van der Waals surface area contributed by atoms with E-state index >= 15 is 0 Å². The minimum absolute atomic E-state index is 0. The topological polar surface area (TPSA) is 92.3 Å². The molecule has 0 atom stereocenters. The molecular formula is C20H35IN4O4S. The zero-order valence-electron chi connectivity index (χ0n) is 18.1. The molecule has 0 aliphatic carbocycles. The van der Waals surface area contributed by atoms with Crippen LogP contribution >= 0.6 is 24.0 Å². The van der Waals surface area contributed by atoms with Gasteiger partial charge in [-0.3, -0.25) is 4.99 Å². The molecule has 172 valence electrons. The van der Waals surface area contributed by atoms with Gasteiger partial charge >= 0.3 is 0 Å². The van der Waals surface area contributed by atoms with Crippen molar-refractivity contribution >= 4 is 40.0 Å². The predicted octanol–water partition coefficient (Wildman–Crippen LogP) is 2.24. The number of nitrogens with zero attached hydrogens (tertiary/aromatic N) is 2. The minimum Gasteiger partial charge on any atom is -0.490 e. The third kappa shape index (κ3) is 8.46. The Balaban J connectivity index is 0.00000450. The van der Waals surface area contributed by atoms with E-state index in [-0.39, 0.29) is 29.7 Å². The Kier molecular flexibility index (Phi) is 12.4. The quantitative estimate of drug-likeness (QED) is 0.248. The molecule has 1 fully saturated rings. The monoisotopic (exact) mass is 554 g/mol. The summed E-state index contributed by atoms with van der Waals surface area (Å²) in [6.45, 7) is 10.0. The molecule has 2 rings (SSSR count). The molecule has 1 aliphatic heterocycles. The first-order valence-corrected chi connectivity index (χ1v) is 12.0. The molecule has 0 saturated carbocycles. The van der Waals surface area contributed by atoms with Crippen molar-refractivity contribution in [2.45, 2.75) is 33.6 Å². The van der Waals surface area contributed by atoms with Gasteiger partial charge in [-0.1, -0.05) is 6.07 Å². The van der Waals surface area contributed by atoms with E-state index in [1.807, 2.05) is 39.0 Å². The van der Waals surface area contributed by atoms with Crippen LogP contribution in [0.4, 0.5) is 0 Å². The lowest BCUT2D eigenvalue weighted by molar-refractivity contribution is 0.287. The van der Waals surface area contributed by atoms with E-state index in [0.717, 1.165) is 30.0 Å². The Morgan fingerprint density at radius 1 is 1.13 bits per heavy atom. The molecule has 10 heteroatoms. The average Bonchev–Trinajstić information content (AvgIpc) is 3.02. The van der Waals surface area contributed by atoms with Gasteiger partial charge in [-0.15, -0.1) is 24.0 Å². The molecule has 0 bridgehead atoms. The number of halogens is 1. The normalized spacial score (nSPS) is 16.0. The summed E-state index contributed by atoms with van der Waals surface area (Å²) in [5.74, 6) is 2.47. The highest BCUT2D eigenvalue weighted by molar-refractivity contribution is 14.0. The van der Waals surface area contributed by atoms with Gasteiger partial charge in [0.1, 0.15) is 0 Å². The average molecular weight is 554 g/mol. The molecule has 0 unspecified atom stereocenters. The molecule has 2 N–H and O–H groups in total. The van der Waals surface area contributed by atoms with Crippen molar-refractivity contribution in [3.63, 3.8) is 0 Å². The highest BCUT2D eigenvalue weighted by Crippen LogP contribution is 2.28. The van der Waals surface area contributed by atoms with Crippen molar-refractivity contribution < 1.29 is 17.9 Å². The van der Waals surface area contributed by atoms with E-state index in [2.05, 4.69) is 15.6 Å². The largest absolute Gasteiger partial charge is 0.490 e. The summed E-state index contributed by atoms with van der Waals surface area (Å²) in [5, 5.41) is 6.50. The lowest BCUT2D eigenvalue weighted by Gasteiger charge is -2.15. The van der Waals surface area contributed by atoms with Gasteiger partial charge in [0.05, 0.1) is 25.5 Å². The molecule has 1 saturated heterocycles. The number of sulfonamides is 1. The van der Waals surface area contributed by atoms with Crippen LogP contribution in [-0.4, -0.2) is 70.4 Å². The lowest BCUT2D eigenvalue weighted by Crippen LogP contribution is -2.39. The number of ether oxygens (including phenoxy) is 2. The fraction of sp³-hybridized carbons (Fsp3) is 0.650. The van der Waals surface area contributed by atoms with Gasteiger partial charge in [0.15, 0.2) is 17.5 Å². The Morgan fingerprint density at radius 2 is 1.87 bits per heavy atom. The second-order valence-corrected chi connectivity index (χ2v) is 8.74. The first-order valence-electron chi connectivity index (χ1n) is 10.4. The number of guanidine groups is 1. The SMILES string of the molecule is CCNC(=NCCN1CCCS1(=O)=O)NCCc1ccc(OCC)c(OCC)c1.I. The second-order valence-electron chi connectivity index (χ2n) is 6.65. The molecule has 8 nitrogen and oxygen atoms in total. The Bertz CT molecular complexity index is 774. The summed E-state index contributed by atoms with van der Waals surface area (Å²) in [6.07, 6.45) is 1.51. The van der Waals surface area contributed by atoms with E-state index in [1.54, 1.807) is 0 Å². The molecule has 0 spiro atoms. The maximum Gasteiger partial charge on any atom is 0.214 e. The number of benzene rings is 1. The Labute approximate surface area is 197 Å². The maximum absolute atomic E-state index is 11.9. The number of aliphatic imine (C=N–C) groups is 1. The zero-order chi connectivity index (χ0) is 21.1. The van der Waals surface area contributed by atoms with Gasteiger partial charge in [-0.05, 0) is 51.3 Å². The first kappa shape index (κ1) is 26.8. The summed E-state index contributed by atoms with van der Waals surface area (Å²) in [5.41, 5.74) is 1.14. The lowest BCUT2D eigenvalue weighted by atomic mass is 10.1. The first-order chi connectivity index (χ1) is 14.0. The van der Waals surface area contributed by atoms with Crippen molar-refractivity contribution in [2.24, 2.45) is 4.99 Å². The molecule has 0 amide bonds. The minimum atomic E-state index is -3.07. The predicted molar refractivity (Wildman–Crippen MR) is 132 cm³/mol. The number of hydrogen-bond acceptors (Lipinski definition) is 5. The third-order valence-electron chi connectivity index (χ3n) is 4.48. The third-order valence-corrected chi connectivity index (χ3v) is 6.44. The van der Waals surface area contributed by atoms with Crippen LogP contribution in [0.15, 0.2) is 23.2 Å². The van der Waals surface area contributed by atoms with Crippen molar-refractivity contribution in [1.82, 2.24) is 14.9 Å². The van der Waals surface area contributed by atoms with Crippen LogP contribution in [-0.2, 0) is 16.4 Å². The summed E-state index contributed by atoms with van der Waals surface area (Å²) in [6, 6.07) is 6.00. The van der Waals surface area contributed by atoms with Crippen LogP contribution in [0.5, 0.6) is 11.5 Å². The molecule has 1 aromatic carbocycles. The zero-order valence-corrected chi connectivity index (χ0v) is 21.3. The van der Waals surface area contributed by atoms with Crippen LogP contribution < -0.4 is 20.1 Å². The van der Waals surface area contributed by atoms with Gasteiger partial charge < -0.3 is 20.1 Å². The van der Waals surface area contributed by atoms with Crippen molar-refractivity contribution in [3.05, 3.63) is 23.8 Å². The van der Waals surface area contributed by atoms with E-state index < -0.39 is 10.0 Å². The van der Waals surface area contributed by atoms with Gasteiger partial charge in [0.2, 0.25) is 10.0 Å². The van der Waals surface area contributed by atoms with Gasteiger partial charge in [-0.25, -0.2) is 12.7 Å². The molecule has 1 aromatic rings.